The molecule has 0 radical (unpaired) electrons. The van der Waals surface area contributed by atoms with Gasteiger partial charge in [0, 0.05) is 12.8 Å². The first-order valence-electron chi connectivity index (χ1n) is 4.13. The Labute approximate surface area is 67.9 Å². The van der Waals surface area contributed by atoms with E-state index in [4.69, 9.17) is 5.11 Å². The Kier molecular flexibility index (Phi) is 6.79. The van der Waals surface area contributed by atoms with Gasteiger partial charge in [0.2, 0.25) is 0 Å². The molecule has 0 atom stereocenters. The van der Waals surface area contributed by atoms with Gasteiger partial charge in [0.15, 0.2) is 0 Å². The van der Waals surface area contributed by atoms with Gasteiger partial charge >= 0.3 is 0 Å². The predicted molar refractivity (Wildman–Crippen MR) is 45.5 cm³/mol. The molecule has 2 nitrogen and oxygen atoms in total. The minimum atomic E-state index is 0.331. The van der Waals surface area contributed by atoms with Crippen LogP contribution in [-0.4, -0.2) is 11.4 Å². The number of aliphatic hydroxyl groups excluding tert-OH is 1. The van der Waals surface area contributed by atoms with Crippen molar-refractivity contribution in [2.45, 2.75) is 39.0 Å². The van der Waals surface area contributed by atoms with Gasteiger partial charge in [-0.15, -0.1) is 0 Å². The largest absolute Gasteiger partial charge is 0.513 e. The lowest BCUT2D eigenvalue weighted by Gasteiger charge is -1.96. The fraction of sp³-hybridized carbons (Fsp3) is 0.667. The lowest BCUT2D eigenvalue weighted by molar-refractivity contribution is -0.107. The Balaban J connectivity index is 3.34. The lowest BCUT2D eigenvalue weighted by atomic mass is 10.2. The van der Waals surface area contributed by atoms with Crippen LogP contribution in [0.4, 0.5) is 0 Å². The molecule has 0 saturated heterocycles. The van der Waals surface area contributed by atoms with E-state index in [1.165, 1.54) is 0 Å². The molecule has 0 aliphatic heterocycles. The maximum Gasteiger partial charge on any atom is 0.123 e. The number of aliphatic hydroxyl groups is 1. The van der Waals surface area contributed by atoms with Crippen molar-refractivity contribution < 1.29 is 9.90 Å². The molecule has 0 bridgehead atoms. The Morgan fingerprint density at radius 3 is 2.73 bits per heavy atom. The smallest absolute Gasteiger partial charge is 0.123 e. The topological polar surface area (TPSA) is 37.3 Å². The van der Waals surface area contributed by atoms with Crippen LogP contribution in [-0.2, 0) is 4.79 Å². The SMILES string of the molecule is CCCCC/C(O)=C/CC=O. The molecule has 1 N–H and O–H groups in total. The first kappa shape index (κ1) is 10.2. The third-order valence-electron chi connectivity index (χ3n) is 1.49. The van der Waals surface area contributed by atoms with Crippen LogP contribution >= 0.6 is 0 Å². The first-order chi connectivity index (χ1) is 5.31. The van der Waals surface area contributed by atoms with Crippen molar-refractivity contribution in [2.24, 2.45) is 0 Å². The Morgan fingerprint density at radius 2 is 2.18 bits per heavy atom. The number of hydrogen-bond acceptors (Lipinski definition) is 2. The third kappa shape index (κ3) is 7.10. The highest BCUT2D eigenvalue weighted by Crippen LogP contribution is 2.05. The van der Waals surface area contributed by atoms with E-state index in [1.807, 2.05) is 0 Å². The molecule has 0 heterocycles. The minimum absolute atomic E-state index is 0.331. The summed E-state index contributed by atoms with van der Waals surface area (Å²) in [5, 5.41) is 9.11. The summed E-state index contributed by atoms with van der Waals surface area (Å²) in [4.78, 5) is 9.88. The number of unbranched alkanes of at least 4 members (excludes halogenated alkanes) is 2. The molecular formula is C9H16O2. The van der Waals surface area contributed by atoms with E-state index in [-0.39, 0.29) is 0 Å². The van der Waals surface area contributed by atoms with Crippen molar-refractivity contribution in [2.75, 3.05) is 0 Å². The van der Waals surface area contributed by atoms with Gasteiger partial charge in [-0.25, -0.2) is 0 Å². The molecule has 64 valence electrons. The average Bonchev–Trinajstić information content (AvgIpc) is 2.01. The Hall–Kier alpha value is -0.790. The van der Waals surface area contributed by atoms with Crippen molar-refractivity contribution >= 4 is 6.29 Å². The van der Waals surface area contributed by atoms with Gasteiger partial charge in [-0.3, -0.25) is 0 Å². The normalized spacial score (nSPS) is 11.5. The molecule has 0 amide bonds. The van der Waals surface area contributed by atoms with Crippen molar-refractivity contribution in [3.05, 3.63) is 11.8 Å². The molecule has 0 aromatic rings. The van der Waals surface area contributed by atoms with Crippen molar-refractivity contribution in [1.82, 2.24) is 0 Å². The highest BCUT2D eigenvalue weighted by atomic mass is 16.3. The number of hydrogen-bond donors (Lipinski definition) is 1. The van der Waals surface area contributed by atoms with Crippen LogP contribution in [0.3, 0.4) is 0 Å². The van der Waals surface area contributed by atoms with Gasteiger partial charge in [-0.05, 0) is 12.5 Å². The van der Waals surface area contributed by atoms with Crippen molar-refractivity contribution in [3.8, 4) is 0 Å². The molecule has 0 aromatic carbocycles. The van der Waals surface area contributed by atoms with E-state index in [1.54, 1.807) is 6.08 Å². The summed E-state index contributed by atoms with van der Waals surface area (Å²) in [6, 6.07) is 0. The molecule has 0 rings (SSSR count). The van der Waals surface area contributed by atoms with Crippen LogP contribution < -0.4 is 0 Å². The second-order valence-corrected chi connectivity index (χ2v) is 2.55. The summed E-state index contributed by atoms with van der Waals surface area (Å²) in [5.41, 5.74) is 0. The molecule has 0 spiro atoms. The van der Waals surface area contributed by atoms with Gasteiger partial charge in [-0.1, -0.05) is 19.8 Å². The first-order valence-corrected chi connectivity index (χ1v) is 4.13. The van der Waals surface area contributed by atoms with E-state index < -0.39 is 0 Å². The van der Waals surface area contributed by atoms with Gasteiger partial charge < -0.3 is 9.90 Å². The van der Waals surface area contributed by atoms with Crippen LogP contribution in [0.2, 0.25) is 0 Å². The van der Waals surface area contributed by atoms with Crippen molar-refractivity contribution in [3.63, 3.8) is 0 Å². The number of rotatable bonds is 6. The van der Waals surface area contributed by atoms with Gasteiger partial charge in [0.1, 0.15) is 6.29 Å². The fourth-order valence-corrected chi connectivity index (χ4v) is 0.842. The molecule has 0 fully saturated rings. The van der Waals surface area contributed by atoms with Crippen LogP contribution in [0.1, 0.15) is 39.0 Å². The maximum absolute atomic E-state index is 9.88. The van der Waals surface area contributed by atoms with Gasteiger partial charge in [-0.2, -0.15) is 0 Å². The standard InChI is InChI=1S/C9H16O2/c1-2-3-4-6-9(11)7-5-8-10/h7-8,11H,2-6H2,1H3/b9-7-. The third-order valence-corrected chi connectivity index (χ3v) is 1.49. The molecule has 0 unspecified atom stereocenters. The van der Waals surface area contributed by atoms with E-state index in [9.17, 15) is 4.79 Å². The highest BCUT2D eigenvalue weighted by molar-refractivity contribution is 5.51. The van der Waals surface area contributed by atoms with E-state index in [0.717, 1.165) is 25.5 Å². The number of aldehydes is 1. The van der Waals surface area contributed by atoms with Crippen LogP contribution in [0, 0.1) is 0 Å². The summed E-state index contributed by atoms with van der Waals surface area (Å²) in [6.07, 6.45) is 6.70. The maximum atomic E-state index is 9.88. The molecule has 0 aliphatic rings. The Morgan fingerprint density at radius 1 is 1.45 bits per heavy atom. The zero-order chi connectivity index (χ0) is 8.53. The van der Waals surface area contributed by atoms with E-state index in [2.05, 4.69) is 6.92 Å². The lowest BCUT2D eigenvalue weighted by Crippen LogP contribution is -1.82. The molecular weight excluding hydrogens is 140 g/mol. The summed E-state index contributed by atoms with van der Waals surface area (Å²) in [6.45, 7) is 2.12. The molecule has 0 aliphatic carbocycles. The average molecular weight is 156 g/mol. The van der Waals surface area contributed by atoms with Crippen LogP contribution in [0.5, 0.6) is 0 Å². The minimum Gasteiger partial charge on any atom is -0.513 e. The van der Waals surface area contributed by atoms with E-state index >= 15 is 0 Å². The van der Waals surface area contributed by atoms with Crippen LogP contribution in [0.25, 0.3) is 0 Å². The van der Waals surface area contributed by atoms with Crippen LogP contribution in [0.15, 0.2) is 11.8 Å². The molecule has 0 saturated carbocycles. The second-order valence-electron chi connectivity index (χ2n) is 2.55. The fourth-order valence-electron chi connectivity index (χ4n) is 0.842. The summed E-state index contributed by atoms with van der Waals surface area (Å²) >= 11 is 0. The number of allylic oxidation sites excluding steroid dienone is 2. The van der Waals surface area contributed by atoms with E-state index in [0.29, 0.717) is 18.6 Å². The molecule has 11 heavy (non-hydrogen) atoms. The summed E-state index contributed by atoms with van der Waals surface area (Å²) in [7, 11) is 0. The molecule has 2 heteroatoms. The monoisotopic (exact) mass is 156 g/mol. The zero-order valence-electron chi connectivity index (χ0n) is 7.05. The number of carbonyl (C=O) groups is 1. The van der Waals surface area contributed by atoms with Crippen molar-refractivity contribution in [1.29, 1.82) is 0 Å². The zero-order valence-corrected chi connectivity index (χ0v) is 7.05. The molecule has 0 aromatic heterocycles. The quantitative estimate of drug-likeness (QED) is 0.364. The summed E-state index contributed by atoms with van der Waals surface area (Å²) < 4.78 is 0. The Bertz CT molecular complexity index is 128. The summed E-state index contributed by atoms with van der Waals surface area (Å²) in [5.74, 6) is 0.352. The van der Waals surface area contributed by atoms with Gasteiger partial charge in [0.25, 0.3) is 0 Å². The van der Waals surface area contributed by atoms with Gasteiger partial charge in [0.05, 0.1) is 5.76 Å². The predicted octanol–water partition coefficient (Wildman–Crippen LogP) is 2.60. The highest BCUT2D eigenvalue weighted by Gasteiger charge is 1.91. The number of carbonyl (C=O) groups excluding carboxylic acids is 1. The second kappa shape index (κ2) is 7.32.